The van der Waals surface area contributed by atoms with Crippen LogP contribution in [-0.2, 0) is 13.3 Å². The summed E-state index contributed by atoms with van der Waals surface area (Å²) in [5.41, 5.74) is -0.669. The smallest absolute Gasteiger partial charge is 0.389 e. The Kier molecular flexibility index (Phi) is 9.16. The van der Waals surface area contributed by atoms with Gasteiger partial charge in [0.25, 0.3) is 0 Å². The molecule has 16 heavy (non-hydrogen) atoms. The molecule has 0 rings (SSSR count). The van der Waals surface area contributed by atoms with Gasteiger partial charge >= 0.3 is 8.80 Å². The molecule has 0 aromatic heterocycles. The zero-order valence-electron chi connectivity index (χ0n) is 11.0. The van der Waals surface area contributed by atoms with Crippen LogP contribution in [0.15, 0.2) is 0 Å². The number of rotatable bonds is 10. The lowest BCUT2D eigenvalue weighted by molar-refractivity contribution is 0.0182. The summed E-state index contributed by atoms with van der Waals surface area (Å²) in [5, 5.41) is 9.83. The van der Waals surface area contributed by atoms with Gasteiger partial charge in [0, 0.05) is 19.8 Å². The lowest BCUT2D eigenvalue weighted by atomic mass is 10.5. The van der Waals surface area contributed by atoms with E-state index in [1.54, 1.807) is 6.92 Å². The molecule has 0 fully saturated rings. The summed E-state index contributed by atoms with van der Waals surface area (Å²) in [5.74, 6) is 0. The maximum Gasteiger partial charge on any atom is 0.530 e. The van der Waals surface area contributed by atoms with Gasteiger partial charge in [-0.05, 0) is 26.2 Å². The van der Waals surface area contributed by atoms with E-state index in [0.717, 1.165) is 19.3 Å². The molecule has 0 amide bonds. The molecule has 0 aliphatic rings. The summed E-state index contributed by atoms with van der Waals surface area (Å²) in [6, 6.07) is 0. The van der Waals surface area contributed by atoms with Crippen LogP contribution in [0, 0.1) is 0 Å². The SMILES string of the molecule is CCCO[Si](OCCC)(OCCC)C(C)O. The summed E-state index contributed by atoms with van der Waals surface area (Å²) in [7, 11) is -2.88. The van der Waals surface area contributed by atoms with Crippen molar-refractivity contribution >= 4 is 8.80 Å². The van der Waals surface area contributed by atoms with Crippen LogP contribution in [0.4, 0.5) is 0 Å². The van der Waals surface area contributed by atoms with Crippen LogP contribution in [0.5, 0.6) is 0 Å². The molecule has 0 bridgehead atoms. The first-order valence-electron chi connectivity index (χ1n) is 6.22. The fraction of sp³-hybridized carbons (Fsp3) is 1.00. The predicted octanol–water partition coefficient (Wildman–Crippen LogP) is 2.13. The van der Waals surface area contributed by atoms with E-state index in [2.05, 4.69) is 0 Å². The summed E-state index contributed by atoms with van der Waals surface area (Å²) in [6.45, 7) is 9.50. The maximum atomic E-state index is 9.83. The number of aliphatic hydroxyl groups is 1. The Labute approximate surface area is 100 Å². The highest BCUT2D eigenvalue weighted by Crippen LogP contribution is 2.16. The molecule has 0 radical (unpaired) electrons. The first-order valence-corrected chi connectivity index (χ1v) is 8.03. The molecule has 0 aliphatic carbocycles. The Morgan fingerprint density at radius 3 is 1.38 bits per heavy atom. The lowest BCUT2D eigenvalue weighted by Crippen LogP contribution is -2.55. The van der Waals surface area contributed by atoms with Crippen molar-refractivity contribution in [3.8, 4) is 0 Å². The van der Waals surface area contributed by atoms with Crippen molar-refractivity contribution in [3.05, 3.63) is 0 Å². The third-order valence-electron chi connectivity index (χ3n) is 2.03. The highest BCUT2D eigenvalue weighted by molar-refractivity contribution is 6.62. The van der Waals surface area contributed by atoms with Crippen LogP contribution in [0.2, 0.25) is 0 Å². The Morgan fingerprint density at radius 2 is 1.19 bits per heavy atom. The van der Waals surface area contributed by atoms with E-state index in [4.69, 9.17) is 13.3 Å². The molecule has 0 aromatic carbocycles. The summed E-state index contributed by atoms with van der Waals surface area (Å²) >= 11 is 0. The lowest BCUT2D eigenvalue weighted by Gasteiger charge is -2.31. The van der Waals surface area contributed by atoms with Crippen LogP contribution < -0.4 is 0 Å². The van der Waals surface area contributed by atoms with Crippen LogP contribution in [-0.4, -0.2) is 39.5 Å². The average molecular weight is 250 g/mol. The first kappa shape index (κ1) is 16.1. The minimum atomic E-state index is -2.88. The number of hydrogen-bond acceptors (Lipinski definition) is 4. The third-order valence-corrected chi connectivity index (χ3v) is 4.88. The van der Waals surface area contributed by atoms with Gasteiger partial charge < -0.3 is 18.4 Å². The molecule has 0 spiro atoms. The zero-order valence-corrected chi connectivity index (χ0v) is 12.0. The Hall–Kier alpha value is 0.0569. The second kappa shape index (κ2) is 9.12. The Morgan fingerprint density at radius 1 is 0.875 bits per heavy atom. The molecular formula is C11H26O4Si. The van der Waals surface area contributed by atoms with Gasteiger partial charge in [-0.1, -0.05) is 20.8 Å². The Bertz CT molecular complexity index is 142. The molecule has 0 saturated heterocycles. The van der Waals surface area contributed by atoms with Gasteiger partial charge in [0.05, 0.1) is 0 Å². The quantitative estimate of drug-likeness (QED) is 0.603. The number of hydrogen-bond donors (Lipinski definition) is 1. The second-order valence-corrected chi connectivity index (χ2v) is 6.73. The average Bonchev–Trinajstić information content (AvgIpc) is 2.28. The van der Waals surface area contributed by atoms with Crippen molar-refractivity contribution in [1.29, 1.82) is 0 Å². The van der Waals surface area contributed by atoms with Gasteiger partial charge in [0.1, 0.15) is 5.73 Å². The molecule has 1 unspecified atom stereocenters. The largest absolute Gasteiger partial charge is 0.530 e. The monoisotopic (exact) mass is 250 g/mol. The molecular weight excluding hydrogens is 224 g/mol. The second-order valence-electron chi connectivity index (χ2n) is 3.82. The summed E-state index contributed by atoms with van der Waals surface area (Å²) in [4.78, 5) is 0. The van der Waals surface area contributed by atoms with Crippen molar-refractivity contribution in [3.63, 3.8) is 0 Å². The van der Waals surface area contributed by atoms with E-state index in [9.17, 15) is 5.11 Å². The van der Waals surface area contributed by atoms with Crippen molar-refractivity contribution in [2.45, 2.75) is 52.7 Å². The van der Waals surface area contributed by atoms with Crippen LogP contribution in [0.3, 0.4) is 0 Å². The maximum absolute atomic E-state index is 9.83. The molecule has 5 heteroatoms. The molecule has 1 atom stereocenters. The van der Waals surface area contributed by atoms with Crippen molar-refractivity contribution in [1.82, 2.24) is 0 Å². The van der Waals surface area contributed by atoms with Crippen LogP contribution in [0.25, 0.3) is 0 Å². The molecule has 98 valence electrons. The van der Waals surface area contributed by atoms with Gasteiger partial charge in [0.2, 0.25) is 0 Å². The molecule has 0 aromatic rings. The minimum Gasteiger partial charge on any atom is -0.389 e. The fourth-order valence-electron chi connectivity index (χ4n) is 1.22. The number of aliphatic hydroxyl groups excluding tert-OH is 1. The highest BCUT2D eigenvalue weighted by Gasteiger charge is 2.46. The fourth-order valence-corrected chi connectivity index (χ4v) is 3.66. The van der Waals surface area contributed by atoms with Crippen molar-refractivity contribution in [2.75, 3.05) is 19.8 Å². The van der Waals surface area contributed by atoms with Gasteiger partial charge in [0.15, 0.2) is 0 Å². The van der Waals surface area contributed by atoms with Crippen LogP contribution in [0.1, 0.15) is 47.0 Å². The molecule has 4 nitrogen and oxygen atoms in total. The molecule has 0 aliphatic heterocycles. The van der Waals surface area contributed by atoms with Crippen molar-refractivity contribution < 1.29 is 18.4 Å². The highest BCUT2D eigenvalue weighted by atomic mass is 28.4. The van der Waals surface area contributed by atoms with E-state index in [-0.39, 0.29) is 0 Å². The standard InChI is InChI=1S/C11H26O4Si/c1-5-8-13-16(11(4)12,14-9-6-2)15-10-7-3/h11-12H,5-10H2,1-4H3. The summed E-state index contributed by atoms with van der Waals surface area (Å²) in [6.07, 6.45) is 2.69. The summed E-state index contributed by atoms with van der Waals surface area (Å²) < 4.78 is 17.1. The van der Waals surface area contributed by atoms with Crippen LogP contribution >= 0.6 is 0 Å². The molecule has 0 saturated carbocycles. The first-order chi connectivity index (χ1) is 7.63. The molecule has 0 heterocycles. The van der Waals surface area contributed by atoms with E-state index >= 15 is 0 Å². The van der Waals surface area contributed by atoms with Gasteiger partial charge in [-0.3, -0.25) is 0 Å². The van der Waals surface area contributed by atoms with E-state index in [1.165, 1.54) is 0 Å². The zero-order chi connectivity index (χ0) is 12.4. The minimum absolute atomic E-state index is 0.574. The van der Waals surface area contributed by atoms with Gasteiger partial charge in [-0.15, -0.1) is 0 Å². The topological polar surface area (TPSA) is 47.9 Å². The predicted molar refractivity (Wildman–Crippen MR) is 66.2 cm³/mol. The normalized spacial score (nSPS) is 14.1. The van der Waals surface area contributed by atoms with Gasteiger partial charge in [-0.2, -0.15) is 0 Å². The molecule has 1 N–H and O–H groups in total. The van der Waals surface area contributed by atoms with E-state index in [0.29, 0.717) is 19.8 Å². The van der Waals surface area contributed by atoms with E-state index in [1.807, 2.05) is 20.8 Å². The third kappa shape index (κ3) is 5.40. The van der Waals surface area contributed by atoms with E-state index < -0.39 is 14.5 Å². The van der Waals surface area contributed by atoms with Gasteiger partial charge in [-0.25, -0.2) is 0 Å². The Balaban J connectivity index is 4.46. The van der Waals surface area contributed by atoms with Crippen molar-refractivity contribution in [2.24, 2.45) is 0 Å².